The lowest BCUT2D eigenvalue weighted by Crippen LogP contribution is -2.13. The molecule has 0 heterocycles. The molecule has 0 bridgehead atoms. The first-order valence-electron chi connectivity index (χ1n) is 9.46. The topological polar surface area (TPSA) is 66.0 Å². The van der Waals surface area contributed by atoms with Crippen molar-refractivity contribution in [2.45, 2.75) is 13.2 Å². The molecule has 0 aliphatic heterocycles. The molecule has 0 atom stereocenters. The van der Waals surface area contributed by atoms with E-state index in [1.165, 1.54) is 0 Å². The zero-order valence-electron chi connectivity index (χ0n) is 17.3. The van der Waals surface area contributed by atoms with Gasteiger partial charge in [-0.2, -0.15) is 0 Å². The summed E-state index contributed by atoms with van der Waals surface area (Å²) in [5, 5.41) is 2.87. The van der Waals surface area contributed by atoms with E-state index in [-0.39, 0.29) is 5.91 Å². The maximum absolute atomic E-state index is 12.8. The third-order valence-corrected chi connectivity index (χ3v) is 4.57. The van der Waals surface area contributed by atoms with Gasteiger partial charge in [0.2, 0.25) is 0 Å². The number of benzene rings is 3. The third-order valence-electron chi connectivity index (χ3n) is 4.57. The second kappa shape index (κ2) is 10.3. The van der Waals surface area contributed by atoms with Crippen LogP contribution < -0.4 is 19.5 Å². The van der Waals surface area contributed by atoms with Crippen molar-refractivity contribution in [2.24, 2.45) is 0 Å². The summed E-state index contributed by atoms with van der Waals surface area (Å²) in [6.07, 6.45) is 0. The van der Waals surface area contributed by atoms with Crippen molar-refractivity contribution in [1.29, 1.82) is 0 Å². The molecule has 0 unspecified atom stereocenters. The number of hydrogen-bond acceptors (Lipinski definition) is 5. The van der Waals surface area contributed by atoms with Gasteiger partial charge in [-0.3, -0.25) is 4.79 Å². The first-order chi connectivity index (χ1) is 14.6. The Bertz CT molecular complexity index is 988. The lowest BCUT2D eigenvalue weighted by atomic mass is 10.1. The second-order valence-electron chi connectivity index (χ2n) is 6.53. The zero-order chi connectivity index (χ0) is 21.3. The standard InChI is InChI=1S/C24H25NO5/c1-27-20-10-11-21(23(14-20)29-3)25-24(26)18-9-12-22(28-2)19(13-18)16-30-15-17-7-5-4-6-8-17/h4-14H,15-16H2,1-3H3,(H,25,26). The average Bonchev–Trinajstić information content (AvgIpc) is 2.79. The van der Waals surface area contributed by atoms with E-state index in [2.05, 4.69) is 5.32 Å². The van der Waals surface area contributed by atoms with Gasteiger partial charge < -0.3 is 24.3 Å². The Kier molecular flexibility index (Phi) is 7.29. The van der Waals surface area contributed by atoms with Crippen LogP contribution in [0.15, 0.2) is 66.7 Å². The molecule has 3 aromatic carbocycles. The van der Waals surface area contributed by atoms with Gasteiger partial charge in [0.25, 0.3) is 5.91 Å². The predicted octanol–water partition coefficient (Wildman–Crippen LogP) is 4.68. The van der Waals surface area contributed by atoms with Crippen molar-refractivity contribution in [3.05, 3.63) is 83.4 Å². The molecular formula is C24H25NO5. The van der Waals surface area contributed by atoms with Crippen LogP contribution in [0.25, 0.3) is 0 Å². The van der Waals surface area contributed by atoms with Gasteiger partial charge in [0.15, 0.2) is 0 Å². The molecule has 0 aliphatic carbocycles. The largest absolute Gasteiger partial charge is 0.497 e. The SMILES string of the molecule is COc1ccc(NC(=O)c2ccc(OC)c(COCc3ccccc3)c2)c(OC)c1. The minimum absolute atomic E-state index is 0.259. The summed E-state index contributed by atoms with van der Waals surface area (Å²) in [5.74, 6) is 1.57. The highest BCUT2D eigenvalue weighted by Gasteiger charge is 2.13. The maximum atomic E-state index is 12.8. The summed E-state index contributed by atoms with van der Waals surface area (Å²) in [6.45, 7) is 0.800. The number of methoxy groups -OCH3 is 3. The van der Waals surface area contributed by atoms with Crippen LogP contribution in [0.3, 0.4) is 0 Å². The maximum Gasteiger partial charge on any atom is 0.255 e. The first-order valence-corrected chi connectivity index (χ1v) is 9.46. The minimum atomic E-state index is -0.259. The summed E-state index contributed by atoms with van der Waals surface area (Å²) >= 11 is 0. The minimum Gasteiger partial charge on any atom is -0.497 e. The van der Waals surface area contributed by atoms with Gasteiger partial charge in [0, 0.05) is 17.2 Å². The Morgan fingerprint density at radius 1 is 0.800 bits per heavy atom. The van der Waals surface area contributed by atoms with E-state index >= 15 is 0 Å². The van der Waals surface area contributed by atoms with Crippen molar-refractivity contribution in [2.75, 3.05) is 26.6 Å². The van der Waals surface area contributed by atoms with Gasteiger partial charge in [0.05, 0.1) is 40.2 Å². The van der Waals surface area contributed by atoms with E-state index in [4.69, 9.17) is 18.9 Å². The number of amides is 1. The molecule has 3 aromatic rings. The molecule has 0 saturated carbocycles. The van der Waals surface area contributed by atoms with Gasteiger partial charge in [-0.1, -0.05) is 30.3 Å². The molecule has 0 aliphatic rings. The van der Waals surface area contributed by atoms with Crippen LogP contribution in [0, 0.1) is 0 Å². The van der Waals surface area contributed by atoms with Gasteiger partial charge in [-0.15, -0.1) is 0 Å². The van der Waals surface area contributed by atoms with E-state index in [1.54, 1.807) is 57.7 Å². The van der Waals surface area contributed by atoms with Crippen molar-refractivity contribution in [3.63, 3.8) is 0 Å². The molecule has 1 amide bonds. The van der Waals surface area contributed by atoms with Crippen LogP contribution in [0.1, 0.15) is 21.5 Å². The quantitative estimate of drug-likeness (QED) is 0.558. The highest BCUT2D eigenvalue weighted by molar-refractivity contribution is 6.05. The average molecular weight is 407 g/mol. The fourth-order valence-corrected chi connectivity index (χ4v) is 2.98. The van der Waals surface area contributed by atoms with Gasteiger partial charge in [0.1, 0.15) is 17.2 Å². The van der Waals surface area contributed by atoms with E-state index in [0.717, 1.165) is 11.1 Å². The second-order valence-corrected chi connectivity index (χ2v) is 6.53. The highest BCUT2D eigenvalue weighted by Crippen LogP contribution is 2.30. The third kappa shape index (κ3) is 5.30. The van der Waals surface area contributed by atoms with Crippen LogP contribution in [0.5, 0.6) is 17.2 Å². The number of ether oxygens (including phenoxy) is 4. The molecule has 0 spiro atoms. The van der Waals surface area contributed by atoms with Crippen LogP contribution >= 0.6 is 0 Å². The number of anilines is 1. The molecule has 1 N–H and O–H groups in total. The number of rotatable bonds is 9. The first kappa shape index (κ1) is 21.2. The van der Waals surface area contributed by atoms with E-state index in [1.807, 2.05) is 30.3 Å². The summed E-state index contributed by atoms with van der Waals surface area (Å²) < 4.78 is 21.8. The lowest BCUT2D eigenvalue weighted by Gasteiger charge is -2.14. The van der Waals surface area contributed by atoms with Crippen molar-refractivity contribution >= 4 is 11.6 Å². The van der Waals surface area contributed by atoms with Crippen molar-refractivity contribution < 1.29 is 23.7 Å². The van der Waals surface area contributed by atoms with Crippen LogP contribution in [0.4, 0.5) is 5.69 Å². The summed E-state index contributed by atoms with van der Waals surface area (Å²) in [4.78, 5) is 12.8. The molecule has 6 nitrogen and oxygen atoms in total. The number of carbonyl (C=O) groups excluding carboxylic acids is 1. The number of nitrogens with one attached hydrogen (secondary N) is 1. The molecule has 0 aromatic heterocycles. The monoisotopic (exact) mass is 407 g/mol. The van der Waals surface area contributed by atoms with Crippen LogP contribution in [0.2, 0.25) is 0 Å². The molecule has 0 saturated heterocycles. The zero-order valence-corrected chi connectivity index (χ0v) is 17.3. The van der Waals surface area contributed by atoms with Gasteiger partial charge >= 0.3 is 0 Å². The van der Waals surface area contributed by atoms with E-state index < -0.39 is 0 Å². The summed E-state index contributed by atoms with van der Waals surface area (Å²) in [6, 6.07) is 20.4. The predicted molar refractivity (Wildman–Crippen MR) is 115 cm³/mol. The van der Waals surface area contributed by atoms with Crippen LogP contribution in [-0.2, 0) is 18.0 Å². The van der Waals surface area contributed by atoms with E-state index in [0.29, 0.717) is 41.7 Å². The van der Waals surface area contributed by atoms with Crippen LogP contribution in [-0.4, -0.2) is 27.2 Å². The highest BCUT2D eigenvalue weighted by atomic mass is 16.5. The van der Waals surface area contributed by atoms with Crippen molar-refractivity contribution in [1.82, 2.24) is 0 Å². The number of carbonyl (C=O) groups is 1. The molecule has 156 valence electrons. The lowest BCUT2D eigenvalue weighted by molar-refractivity contribution is 0.102. The Morgan fingerprint density at radius 2 is 1.57 bits per heavy atom. The Hall–Kier alpha value is -3.51. The van der Waals surface area contributed by atoms with Gasteiger partial charge in [-0.05, 0) is 35.9 Å². The van der Waals surface area contributed by atoms with Crippen molar-refractivity contribution in [3.8, 4) is 17.2 Å². The van der Waals surface area contributed by atoms with Gasteiger partial charge in [-0.25, -0.2) is 0 Å². The molecule has 3 rings (SSSR count). The Labute approximate surface area is 176 Å². The molecule has 30 heavy (non-hydrogen) atoms. The van der Waals surface area contributed by atoms with E-state index in [9.17, 15) is 4.79 Å². The smallest absolute Gasteiger partial charge is 0.255 e. The summed E-state index contributed by atoms with van der Waals surface area (Å²) in [5.41, 5.74) is 2.92. The molecule has 6 heteroatoms. The summed E-state index contributed by atoms with van der Waals surface area (Å²) in [7, 11) is 4.71. The Morgan fingerprint density at radius 3 is 2.27 bits per heavy atom. The number of hydrogen-bond donors (Lipinski definition) is 1. The fraction of sp³-hybridized carbons (Fsp3) is 0.208. The normalized spacial score (nSPS) is 10.4. The fourth-order valence-electron chi connectivity index (χ4n) is 2.98. The molecule has 0 fully saturated rings. The Balaban J connectivity index is 1.72. The molecule has 0 radical (unpaired) electrons. The molecular weight excluding hydrogens is 382 g/mol.